The molecule has 0 aromatic heterocycles. The van der Waals surface area contributed by atoms with Crippen LogP contribution in [0.3, 0.4) is 0 Å². The highest BCUT2D eigenvalue weighted by molar-refractivity contribution is 5.95. The summed E-state index contributed by atoms with van der Waals surface area (Å²) in [5, 5.41) is 41.9. The molecule has 3 aliphatic heterocycles. The molecule has 0 spiro atoms. The van der Waals surface area contributed by atoms with Gasteiger partial charge in [0.2, 0.25) is 0 Å². The second-order valence-corrected chi connectivity index (χ2v) is 20.3. The number of esters is 1. The van der Waals surface area contributed by atoms with E-state index in [0.29, 0.717) is 42.4 Å². The van der Waals surface area contributed by atoms with Crippen LogP contribution in [0, 0.1) is 39.5 Å². The largest absolute Gasteiger partial charge is 0.478 e. The maximum atomic E-state index is 13.4. The van der Waals surface area contributed by atoms with E-state index in [-0.39, 0.29) is 29.5 Å². The molecule has 0 saturated carbocycles. The Morgan fingerprint density at radius 3 is 2.10 bits per heavy atom. The first-order valence-electron chi connectivity index (χ1n) is 24.8. The van der Waals surface area contributed by atoms with Gasteiger partial charge >= 0.3 is 11.9 Å². The van der Waals surface area contributed by atoms with E-state index in [1.807, 2.05) is 145 Å². The van der Waals surface area contributed by atoms with Crippen molar-refractivity contribution < 1.29 is 53.7 Å². The Morgan fingerprint density at radius 2 is 1.44 bits per heavy atom. The minimum absolute atomic E-state index is 0.127. The molecule has 2 saturated heterocycles. The van der Waals surface area contributed by atoms with Crippen molar-refractivity contribution in [2.75, 3.05) is 0 Å². The van der Waals surface area contributed by atoms with Crippen molar-refractivity contribution in [2.24, 2.45) is 11.8 Å². The molecule has 2 fully saturated rings. The Balaban J connectivity index is 0.000000232. The second kappa shape index (κ2) is 24.3. The monoisotopic (exact) mass is 971 g/mol. The van der Waals surface area contributed by atoms with Gasteiger partial charge in [-0.1, -0.05) is 145 Å². The number of fused-ring (bicyclic) bond motifs is 2. The van der Waals surface area contributed by atoms with Crippen molar-refractivity contribution in [1.29, 1.82) is 0 Å². The number of carbonyl (C=O) groups is 2. The highest BCUT2D eigenvalue weighted by Gasteiger charge is 2.45. The lowest BCUT2D eigenvalue weighted by atomic mass is 9.92. The Hall–Kier alpha value is -5.50. The lowest BCUT2D eigenvalue weighted by molar-refractivity contribution is -0.152. The normalized spacial score (nSPS) is 26.3. The summed E-state index contributed by atoms with van der Waals surface area (Å²) in [6.07, 6.45) is 12.5. The fourth-order valence-electron chi connectivity index (χ4n) is 9.77. The summed E-state index contributed by atoms with van der Waals surface area (Å²) in [5.41, 5.74) is 8.23. The number of aliphatic hydroxyl groups is 3. The average Bonchev–Trinajstić information content (AvgIpc) is 3.79. The average molecular weight is 971 g/mol. The van der Waals surface area contributed by atoms with Gasteiger partial charge in [0.15, 0.2) is 11.6 Å². The fraction of sp³-hybridized carbons (Fsp3) is 0.433. The van der Waals surface area contributed by atoms with E-state index in [4.69, 9.17) is 23.7 Å². The molecule has 0 bridgehead atoms. The Morgan fingerprint density at radius 1 is 0.803 bits per heavy atom. The van der Waals surface area contributed by atoms with Crippen molar-refractivity contribution in [1.82, 2.24) is 0 Å². The number of carbonyl (C=O) groups excluding carboxylic acids is 1. The van der Waals surface area contributed by atoms with Crippen LogP contribution >= 0.6 is 0 Å². The summed E-state index contributed by atoms with van der Waals surface area (Å²) in [6.45, 7) is 18.7. The molecule has 4 aromatic carbocycles. The number of aryl methyl sites for hydroxylation is 4. The first-order valence-corrected chi connectivity index (χ1v) is 24.8. The van der Waals surface area contributed by atoms with E-state index in [9.17, 15) is 30.0 Å². The molecule has 2 unspecified atom stereocenters. The molecule has 11 heteroatoms. The first-order chi connectivity index (χ1) is 33.6. The van der Waals surface area contributed by atoms with Gasteiger partial charge in [0, 0.05) is 11.8 Å². The van der Waals surface area contributed by atoms with Crippen molar-refractivity contribution >= 4 is 24.1 Å². The molecule has 0 amide bonds. The number of hydrogen-bond acceptors (Lipinski definition) is 10. The van der Waals surface area contributed by atoms with E-state index in [1.54, 1.807) is 45.9 Å². The molecule has 7 rings (SSSR count). The van der Waals surface area contributed by atoms with Crippen molar-refractivity contribution in [3.8, 4) is 0 Å². The molecule has 0 radical (unpaired) electrons. The van der Waals surface area contributed by atoms with Crippen LogP contribution in [-0.4, -0.2) is 92.8 Å². The minimum Gasteiger partial charge on any atom is -0.478 e. The molecule has 10 atom stereocenters. The van der Waals surface area contributed by atoms with Crippen molar-refractivity contribution in [3.05, 3.63) is 177 Å². The first kappa shape index (κ1) is 54.8. The molecule has 3 heterocycles. The van der Waals surface area contributed by atoms with Crippen LogP contribution in [0.25, 0.3) is 12.2 Å². The summed E-state index contributed by atoms with van der Waals surface area (Å²) < 4.78 is 30.3. The smallest absolute Gasteiger partial charge is 0.339 e. The molecule has 3 aliphatic rings. The van der Waals surface area contributed by atoms with Crippen LogP contribution in [0.5, 0.6) is 0 Å². The third kappa shape index (κ3) is 15.3. The molecule has 71 heavy (non-hydrogen) atoms. The highest BCUT2D eigenvalue weighted by atomic mass is 16.8. The van der Waals surface area contributed by atoms with E-state index >= 15 is 0 Å². The zero-order chi connectivity index (χ0) is 51.6. The predicted octanol–water partition coefficient (Wildman–Crippen LogP) is 10.6. The molecule has 4 N–H and O–H groups in total. The van der Waals surface area contributed by atoms with E-state index in [0.717, 1.165) is 33.4 Å². The van der Waals surface area contributed by atoms with Gasteiger partial charge in [0.05, 0.1) is 29.4 Å². The molecular weight excluding hydrogens is 897 g/mol. The zero-order valence-corrected chi connectivity index (χ0v) is 43.0. The van der Waals surface area contributed by atoms with Crippen molar-refractivity contribution in [2.45, 2.75) is 155 Å². The van der Waals surface area contributed by atoms with Crippen LogP contribution in [-0.2, 0) is 36.5 Å². The number of carboxylic acids is 1. The molecule has 0 aliphatic carbocycles. The minimum atomic E-state index is -0.963. The topological polar surface area (TPSA) is 161 Å². The molecule has 11 nitrogen and oxygen atoms in total. The predicted molar refractivity (Wildman–Crippen MR) is 278 cm³/mol. The fourth-order valence-corrected chi connectivity index (χ4v) is 9.77. The number of benzene rings is 4. The second-order valence-electron chi connectivity index (χ2n) is 20.3. The number of rotatable bonds is 12. The van der Waals surface area contributed by atoms with Crippen LogP contribution in [0.15, 0.2) is 121 Å². The van der Waals surface area contributed by atoms with Gasteiger partial charge in [0.1, 0.15) is 30.5 Å². The van der Waals surface area contributed by atoms with Crippen molar-refractivity contribution in [3.63, 3.8) is 0 Å². The lowest BCUT2D eigenvalue weighted by Gasteiger charge is -2.25. The molecule has 4 aromatic rings. The van der Waals surface area contributed by atoms with Gasteiger partial charge in [-0.2, -0.15) is 0 Å². The van der Waals surface area contributed by atoms with Crippen LogP contribution < -0.4 is 0 Å². The standard InChI is InChI=1S/C30H38O6.C30H36O5/c1-19-16-20(2)27(29(33)34)24(17-19)12-9-13-26-28(36-30(4,5)35-26)25(32)15-14-23(21(3)31)18-22-10-7-6-8-11-22;1-19-16-20(2)27-24(17-19)12-9-13-26-28(35-30(4,5)34-26)25(31)15-14-23(21(3)33-29(27)32)18-22-10-7-6-8-11-22/h6-12,14-17,21,23,25-26,28,31-32H,13,18H2,1-5H3,(H,33,34);6-12,14-17,21,23,25-26,28,31H,13,18H2,1-5H3/b2*12-9+,15-14-/t2*21-,23-,25?,26-,28+/m00/s1. The maximum Gasteiger partial charge on any atom is 0.339 e. The number of cyclic esters (lactones) is 1. The number of aliphatic hydroxyl groups excluding tert-OH is 3. The van der Waals surface area contributed by atoms with E-state index in [2.05, 4.69) is 12.1 Å². The summed E-state index contributed by atoms with van der Waals surface area (Å²) in [4.78, 5) is 25.1. The summed E-state index contributed by atoms with van der Waals surface area (Å²) >= 11 is 0. The van der Waals surface area contributed by atoms with Gasteiger partial charge in [-0.25, -0.2) is 9.59 Å². The van der Waals surface area contributed by atoms with Gasteiger partial charge in [-0.3, -0.25) is 0 Å². The Labute approximate surface area is 420 Å². The third-order valence-corrected chi connectivity index (χ3v) is 13.1. The summed E-state index contributed by atoms with van der Waals surface area (Å²) in [6, 6.07) is 27.7. The molecule has 380 valence electrons. The lowest BCUT2D eigenvalue weighted by Crippen LogP contribution is -2.34. The summed E-state index contributed by atoms with van der Waals surface area (Å²) in [5.74, 6) is -3.23. The number of ether oxygens (including phenoxy) is 5. The Bertz CT molecular complexity index is 2540. The number of aromatic carboxylic acids is 1. The molecular formula is C60H74O11. The van der Waals surface area contributed by atoms with Gasteiger partial charge < -0.3 is 44.1 Å². The van der Waals surface area contributed by atoms with Gasteiger partial charge in [-0.05, 0) is 128 Å². The number of carboxylic acid groups (broad SMARTS) is 1. The zero-order valence-electron chi connectivity index (χ0n) is 43.0. The van der Waals surface area contributed by atoms with E-state index < -0.39 is 60.3 Å². The quantitative estimate of drug-likeness (QED) is 0.0790. The van der Waals surface area contributed by atoms with Gasteiger partial charge in [-0.15, -0.1) is 0 Å². The Kier molecular flexibility index (Phi) is 18.7. The highest BCUT2D eigenvalue weighted by Crippen LogP contribution is 2.35. The third-order valence-electron chi connectivity index (χ3n) is 13.1. The van der Waals surface area contributed by atoms with E-state index in [1.165, 1.54) is 0 Å². The van der Waals surface area contributed by atoms with Crippen LogP contribution in [0.2, 0.25) is 0 Å². The SMILES string of the molecule is Cc1cc(C)c(C(=O)O)c(/C=C/C[C@@H]2OC(C)(C)O[C@@H]2C(O)/C=C\[C@@H](Cc2ccccc2)[C@H](C)O)c1.Cc1cc(C)c2c(c1)/C=C/C[C@@H]1OC(C)(C)O[C@@H]1C(O)/C=C\[C@@H](Cc1ccccc1)[C@H](C)OC2=O. The van der Waals surface area contributed by atoms with Crippen LogP contribution in [0.4, 0.5) is 0 Å². The maximum absolute atomic E-state index is 13.4. The van der Waals surface area contributed by atoms with Crippen LogP contribution in [0.1, 0.15) is 120 Å². The number of hydrogen-bond donors (Lipinski definition) is 4. The van der Waals surface area contributed by atoms with Gasteiger partial charge in [0.25, 0.3) is 0 Å². The summed E-state index contributed by atoms with van der Waals surface area (Å²) in [7, 11) is 0.